The van der Waals surface area contributed by atoms with E-state index in [9.17, 15) is 0 Å². The maximum atomic E-state index is 4.51. The summed E-state index contributed by atoms with van der Waals surface area (Å²) >= 11 is 0. The first-order valence-corrected chi connectivity index (χ1v) is 7.34. The molecule has 0 aliphatic carbocycles. The zero-order chi connectivity index (χ0) is 14.5. The number of likely N-dealkylation sites (N-methyl/N-ethyl adjacent to an activating group) is 1. The molecule has 0 aliphatic heterocycles. The topological polar surface area (TPSA) is 33.1 Å². The first kappa shape index (κ1) is 16.2. The van der Waals surface area contributed by atoms with Crippen molar-refractivity contribution in [3.63, 3.8) is 0 Å². The number of nitrogens with zero attached hydrogens (tertiary/aromatic N) is 3. The molecule has 1 unspecified atom stereocenters. The van der Waals surface area contributed by atoms with E-state index >= 15 is 0 Å². The maximum absolute atomic E-state index is 4.51. The fourth-order valence-corrected chi connectivity index (χ4v) is 2.20. The molecule has 0 radical (unpaired) electrons. The van der Waals surface area contributed by atoms with Crippen molar-refractivity contribution in [2.24, 2.45) is 0 Å². The van der Waals surface area contributed by atoms with Crippen LogP contribution in [0.4, 0.5) is 0 Å². The first-order chi connectivity index (χ1) is 8.93. The second kappa shape index (κ2) is 7.06. The molecule has 0 saturated heterocycles. The molecule has 4 heteroatoms. The third-order valence-corrected chi connectivity index (χ3v) is 4.18. The largest absolute Gasteiger partial charge is 0.335 e. The Hall–Kier alpha value is -0.870. The summed E-state index contributed by atoms with van der Waals surface area (Å²) in [7, 11) is 4.29. The van der Waals surface area contributed by atoms with Crippen LogP contribution in [0.1, 0.15) is 39.9 Å². The SMILES string of the molecule is CCCNC(Cc1nccn1CC)C(C)(C)N(C)C. The molecule has 0 saturated carbocycles. The number of hydrogen-bond donors (Lipinski definition) is 1. The van der Waals surface area contributed by atoms with E-state index in [0.717, 1.165) is 25.9 Å². The third-order valence-electron chi connectivity index (χ3n) is 4.18. The lowest BCUT2D eigenvalue weighted by atomic mass is 9.90. The minimum Gasteiger partial charge on any atom is -0.335 e. The van der Waals surface area contributed by atoms with Gasteiger partial charge >= 0.3 is 0 Å². The first-order valence-electron chi connectivity index (χ1n) is 7.34. The average Bonchev–Trinajstić information content (AvgIpc) is 2.81. The smallest absolute Gasteiger partial charge is 0.110 e. The Bertz CT molecular complexity index is 368. The molecule has 0 fully saturated rings. The average molecular weight is 266 g/mol. The van der Waals surface area contributed by atoms with Gasteiger partial charge in [0.2, 0.25) is 0 Å². The van der Waals surface area contributed by atoms with Crippen LogP contribution in [-0.4, -0.2) is 46.7 Å². The molecule has 0 spiro atoms. The molecule has 1 atom stereocenters. The van der Waals surface area contributed by atoms with Gasteiger partial charge in [-0.1, -0.05) is 6.92 Å². The summed E-state index contributed by atoms with van der Waals surface area (Å²) in [6, 6.07) is 0.398. The fraction of sp³-hybridized carbons (Fsp3) is 0.800. The van der Waals surface area contributed by atoms with Gasteiger partial charge in [0.15, 0.2) is 0 Å². The van der Waals surface area contributed by atoms with E-state index in [1.54, 1.807) is 0 Å². The molecular formula is C15H30N4. The van der Waals surface area contributed by atoms with Gasteiger partial charge in [0.05, 0.1) is 0 Å². The van der Waals surface area contributed by atoms with E-state index in [4.69, 9.17) is 0 Å². The number of rotatable bonds is 8. The molecule has 0 amide bonds. The highest BCUT2D eigenvalue weighted by atomic mass is 15.2. The highest BCUT2D eigenvalue weighted by Gasteiger charge is 2.32. The van der Waals surface area contributed by atoms with Crippen molar-refractivity contribution in [1.82, 2.24) is 19.8 Å². The Morgan fingerprint density at radius 3 is 2.58 bits per heavy atom. The van der Waals surface area contributed by atoms with E-state index in [-0.39, 0.29) is 5.54 Å². The molecule has 1 aromatic heterocycles. The van der Waals surface area contributed by atoms with E-state index in [1.807, 2.05) is 6.20 Å². The summed E-state index contributed by atoms with van der Waals surface area (Å²) < 4.78 is 2.23. The van der Waals surface area contributed by atoms with E-state index in [2.05, 4.69) is 67.8 Å². The lowest BCUT2D eigenvalue weighted by Crippen LogP contribution is -2.56. The Kier molecular flexibility index (Phi) is 6.01. The number of nitrogens with one attached hydrogen (secondary N) is 1. The van der Waals surface area contributed by atoms with Gasteiger partial charge in [-0.3, -0.25) is 0 Å². The molecule has 1 N–H and O–H groups in total. The molecule has 4 nitrogen and oxygen atoms in total. The van der Waals surface area contributed by atoms with Crippen molar-refractivity contribution in [2.75, 3.05) is 20.6 Å². The third kappa shape index (κ3) is 4.05. The summed E-state index contributed by atoms with van der Waals surface area (Å²) in [6.07, 6.45) is 6.08. The second-order valence-corrected chi connectivity index (χ2v) is 5.89. The minimum absolute atomic E-state index is 0.0969. The fourth-order valence-electron chi connectivity index (χ4n) is 2.20. The quantitative estimate of drug-likeness (QED) is 0.783. The van der Waals surface area contributed by atoms with Crippen LogP contribution in [0.3, 0.4) is 0 Å². The second-order valence-electron chi connectivity index (χ2n) is 5.89. The van der Waals surface area contributed by atoms with Crippen molar-refractivity contribution < 1.29 is 0 Å². The number of imidazole rings is 1. The van der Waals surface area contributed by atoms with Gasteiger partial charge in [-0.2, -0.15) is 0 Å². The number of aryl methyl sites for hydroxylation is 1. The Balaban J connectivity index is 2.86. The van der Waals surface area contributed by atoms with Crippen molar-refractivity contribution >= 4 is 0 Å². The standard InChI is InChI=1S/C15H30N4/c1-7-9-16-13(15(3,4)18(5)6)12-14-17-10-11-19(14)8-2/h10-11,13,16H,7-9,12H2,1-6H3. The minimum atomic E-state index is 0.0969. The summed E-state index contributed by atoms with van der Waals surface area (Å²) in [5.41, 5.74) is 0.0969. The Morgan fingerprint density at radius 1 is 1.37 bits per heavy atom. The molecule has 0 bridgehead atoms. The lowest BCUT2D eigenvalue weighted by molar-refractivity contribution is 0.135. The van der Waals surface area contributed by atoms with Crippen LogP contribution in [0.15, 0.2) is 12.4 Å². The maximum Gasteiger partial charge on any atom is 0.110 e. The Morgan fingerprint density at radius 2 is 2.05 bits per heavy atom. The molecule has 0 aliphatic rings. The highest BCUT2D eigenvalue weighted by molar-refractivity contribution is 5.01. The summed E-state index contributed by atoms with van der Waals surface area (Å²) in [5.74, 6) is 1.17. The van der Waals surface area contributed by atoms with Crippen LogP contribution in [0, 0.1) is 0 Å². The summed E-state index contributed by atoms with van der Waals surface area (Å²) in [5, 5.41) is 3.69. The van der Waals surface area contributed by atoms with Gasteiger partial charge in [-0.05, 0) is 47.8 Å². The van der Waals surface area contributed by atoms with Crippen LogP contribution < -0.4 is 5.32 Å². The highest BCUT2D eigenvalue weighted by Crippen LogP contribution is 2.19. The lowest BCUT2D eigenvalue weighted by Gasteiger charge is -2.40. The van der Waals surface area contributed by atoms with Gasteiger partial charge in [0.1, 0.15) is 5.82 Å². The molecule has 1 aromatic rings. The van der Waals surface area contributed by atoms with Gasteiger partial charge in [-0.25, -0.2) is 4.98 Å². The van der Waals surface area contributed by atoms with Crippen LogP contribution >= 0.6 is 0 Å². The molecule has 1 heterocycles. The normalized spacial score (nSPS) is 14.1. The van der Waals surface area contributed by atoms with Gasteiger partial charge in [0.25, 0.3) is 0 Å². The van der Waals surface area contributed by atoms with E-state index in [0.29, 0.717) is 6.04 Å². The van der Waals surface area contributed by atoms with Gasteiger partial charge in [-0.15, -0.1) is 0 Å². The van der Waals surface area contributed by atoms with Crippen LogP contribution in [0.2, 0.25) is 0 Å². The van der Waals surface area contributed by atoms with Crippen LogP contribution in [0.5, 0.6) is 0 Å². The number of aromatic nitrogens is 2. The predicted molar refractivity (Wildman–Crippen MR) is 81.5 cm³/mol. The number of hydrogen-bond acceptors (Lipinski definition) is 3. The van der Waals surface area contributed by atoms with Gasteiger partial charge < -0.3 is 14.8 Å². The van der Waals surface area contributed by atoms with Gasteiger partial charge in [0, 0.05) is 36.9 Å². The van der Waals surface area contributed by atoms with Crippen molar-refractivity contribution in [1.29, 1.82) is 0 Å². The summed E-state index contributed by atoms with van der Waals surface area (Å²) in [4.78, 5) is 6.80. The van der Waals surface area contributed by atoms with Crippen molar-refractivity contribution in [2.45, 2.75) is 58.7 Å². The zero-order valence-electron chi connectivity index (χ0n) is 13.4. The molecule has 110 valence electrons. The molecule has 0 aromatic carbocycles. The molecular weight excluding hydrogens is 236 g/mol. The molecule has 19 heavy (non-hydrogen) atoms. The van der Waals surface area contributed by atoms with Crippen molar-refractivity contribution in [3.05, 3.63) is 18.2 Å². The molecule has 1 rings (SSSR count). The van der Waals surface area contributed by atoms with Crippen molar-refractivity contribution in [3.8, 4) is 0 Å². The summed E-state index contributed by atoms with van der Waals surface area (Å²) in [6.45, 7) is 11.0. The monoisotopic (exact) mass is 266 g/mol. The van der Waals surface area contributed by atoms with Crippen LogP contribution in [-0.2, 0) is 13.0 Å². The van der Waals surface area contributed by atoms with E-state index in [1.165, 1.54) is 5.82 Å². The van der Waals surface area contributed by atoms with E-state index < -0.39 is 0 Å². The zero-order valence-corrected chi connectivity index (χ0v) is 13.4. The predicted octanol–water partition coefficient (Wildman–Crippen LogP) is 2.15. The van der Waals surface area contributed by atoms with Crippen LogP contribution in [0.25, 0.3) is 0 Å². The Labute approximate surface area is 118 Å².